The molecule has 0 aliphatic rings. The molecule has 0 spiro atoms. The average Bonchev–Trinajstić information content (AvgIpc) is 2.74. The highest BCUT2D eigenvalue weighted by Gasteiger charge is 2.20. The maximum atomic E-state index is 10.4. The predicted octanol–water partition coefficient (Wildman–Crippen LogP) is 4.16. The smallest absolute Gasteiger partial charge is 0.101 e. The Balaban J connectivity index is 2.28. The summed E-state index contributed by atoms with van der Waals surface area (Å²) in [4.78, 5) is 0. The lowest BCUT2D eigenvalue weighted by Crippen LogP contribution is -2.13. The van der Waals surface area contributed by atoms with Gasteiger partial charge in [-0.05, 0) is 41.4 Å². The van der Waals surface area contributed by atoms with E-state index in [0.29, 0.717) is 11.4 Å². The minimum absolute atomic E-state index is 0.196. The van der Waals surface area contributed by atoms with Gasteiger partial charge in [0.05, 0.1) is 16.4 Å². The molecule has 1 unspecified atom stereocenters. The van der Waals surface area contributed by atoms with Crippen LogP contribution in [0.1, 0.15) is 37.3 Å². The highest BCUT2D eigenvalue weighted by atomic mass is 79.9. The molecule has 1 heterocycles. The first-order valence-corrected chi connectivity index (χ1v) is 7.32. The largest absolute Gasteiger partial charge is 0.386 e. The fourth-order valence-electron chi connectivity index (χ4n) is 2.04. The van der Waals surface area contributed by atoms with Crippen LogP contribution < -0.4 is 0 Å². The van der Waals surface area contributed by atoms with Gasteiger partial charge in [0.1, 0.15) is 6.10 Å². The monoisotopic (exact) mass is 342 g/mol. The molecule has 1 N–H and O–H groups in total. The first-order chi connectivity index (χ1) is 9.00. The van der Waals surface area contributed by atoms with Crippen LogP contribution in [-0.2, 0) is 6.42 Å². The Hall–Kier alpha value is -0.840. The number of aromatic nitrogens is 2. The van der Waals surface area contributed by atoms with E-state index in [9.17, 15) is 5.11 Å². The Labute approximate surface area is 126 Å². The van der Waals surface area contributed by atoms with E-state index in [1.807, 2.05) is 42.8 Å². The first kappa shape index (κ1) is 14.6. The molecule has 0 amide bonds. The van der Waals surface area contributed by atoms with Gasteiger partial charge in [-0.2, -0.15) is 5.10 Å². The Morgan fingerprint density at radius 1 is 1.37 bits per heavy atom. The van der Waals surface area contributed by atoms with E-state index >= 15 is 0 Å². The maximum Gasteiger partial charge on any atom is 0.101 e. The van der Waals surface area contributed by atoms with Crippen molar-refractivity contribution >= 4 is 27.5 Å². The molecule has 3 nitrogen and oxygen atoms in total. The van der Waals surface area contributed by atoms with Gasteiger partial charge in [0.15, 0.2) is 0 Å². The van der Waals surface area contributed by atoms with Gasteiger partial charge in [0, 0.05) is 17.5 Å². The van der Waals surface area contributed by atoms with Crippen LogP contribution in [0.4, 0.5) is 0 Å². The number of hydrogen-bond donors (Lipinski definition) is 1. The molecule has 1 aromatic carbocycles. The molecule has 0 bridgehead atoms. The van der Waals surface area contributed by atoms with Gasteiger partial charge in [-0.1, -0.05) is 29.8 Å². The van der Waals surface area contributed by atoms with Crippen LogP contribution in [0, 0.1) is 0 Å². The van der Waals surface area contributed by atoms with Crippen molar-refractivity contribution in [2.45, 2.75) is 32.4 Å². The highest BCUT2D eigenvalue weighted by molar-refractivity contribution is 9.10. The van der Waals surface area contributed by atoms with E-state index in [-0.39, 0.29) is 6.04 Å². The minimum atomic E-state index is -0.640. The lowest BCUT2D eigenvalue weighted by molar-refractivity contribution is 0.164. The van der Waals surface area contributed by atoms with Crippen molar-refractivity contribution in [1.82, 2.24) is 9.78 Å². The summed E-state index contributed by atoms with van der Waals surface area (Å²) in [5.41, 5.74) is 1.72. The van der Waals surface area contributed by atoms with Crippen LogP contribution >= 0.6 is 27.5 Å². The summed E-state index contributed by atoms with van der Waals surface area (Å²) in [7, 11) is 0. The van der Waals surface area contributed by atoms with E-state index < -0.39 is 6.10 Å². The van der Waals surface area contributed by atoms with Crippen molar-refractivity contribution < 1.29 is 5.11 Å². The lowest BCUT2D eigenvalue weighted by Gasteiger charge is -2.17. The molecule has 2 rings (SSSR count). The molecular weight excluding hydrogens is 328 g/mol. The van der Waals surface area contributed by atoms with E-state index in [4.69, 9.17) is 11.6 Å². The maximum absolute atomic E-state index is 10.4. The quantitative estimate of drug-likeness (QED) is 0.905. The molecule has 0 saturated carbocycles. The van der Waals surface area contributed by atoms with Gasteiger partial charge in [-0.15, -0.1) is 0 Å². The van der Waals surface area contributed by atoms with Gasteiger partial charge < -0.3 is 5.11 Å². The zero-order valence-electron chi connectivity index (χ0n) is 10.8. The number of aliphatic hydroxyl groups excluding tert-OH is 1. The normalized spacial score (nSPS) is 12.9. The van der Waals surface area contributed by atoms with Gasteiger partial charge in [-0.25, -0.2) is 0 Å². The number of rotatable bonds is 4. The van der Waals surface area contributed by atoms with Gasteiger partial charge >= 0.3 is 0 Å². The van der Waals surface area contributed by atoms with Crippen LogP contribution in [0.5, 0.6) is 0 Å². The lowest BCUT2D eigenvalue weighted by atomic mass is 10.1. The molecule has 5 heteroatoms. The summed E-state index contributed by atoms with van der Waals surface area (Å²) in [5, 5.41) is 15.4. The third-order valence-corrected chi connectivity index (χ3v) is 3.94. The van der Waals surface area contributed by atoms with Gasteiger partial charge in [0.25, 0.3) is 0 Å². The van der Waals surface area contributed by atoms with Gasteiger partial charge in [0.2, 0.25) is 0 Å². The molecule has 0 radical (unpaired) electrons. The second-order valence-electron chi connectivity index (χ2n) is 4.73. The molecule has 0 aliphatic carbocycles. The number of aliphatic hydroxyl groups is 1. The van der Waals surface area contributed by atoms with Crippen LogP contribution in [0.2, 0.25) is 5.02 Å². The molecule has 2 aromatic rings. The molecule has 0 aliphatic heterocycles. The van der Waals surface area contributed by atoms with Crippen molar-refractivity contribution in [2.24, 2.45) is 0 Å². The average molecular weight is 344 g/mol. The fraction of sp³-hybridized carbons (Fsp3) is 0.357. The SMILES string of the molecule is CC(C)n1ncc(Br)c1C(O)Cc1ccccc1Cl. The third-order valence-electron chi connectivity index (χ3n) is 2.96. The Morgan fingerprint density at radius 2 is 2.05 bits per heavy atom. The summed E-state index contributed by atoms with van der Waals surface area (Å²) in [6, 6.07) is 7.76. The van der Waals surface area contributed by atoms with Crippen LogP contribution in [0.15, 0.2) is 34.9 Å². The molecule has 19 heavy (non-hydrogen) atoms. The van der Waals surface area contributed by atoms with E-state index in [2.05, 4.69) is 21.0 Å². The zero-order chi connectivity index (χ0) is 14.0. The Morgan fingerprint density at radius 3 is 2.68 bits per heavy atom. The van der Waals surface area contributed by atoms with Gasteiger partial charge in [-0.3, -0.25) is 4.68 Å². The number of benzene rings is 1. The molecule has 0 saturated heterocycles. The van der Waals surface area contributed by atoms with E-state index in [1.54, 1.807) is 6.20 Å². The standard InChI is InChI=1S/C14H16BrClN2O/c1-9(2)18-14(11(15)8-17-18)13(19)7-10-5-3-4-6-12(10)16/h3-6,8-9,13,19H,7H2,1-2H3. The van der Waals surface area contributed by atoms with E-state index in [0.717, 1.165) is 15.7 Å². The predicted molar refractivity (Wildman–Crippen MR) is 80.4 cm³/mol. The van der Waals surface area contributed by atoms with Crippen LogP contribution in [0.25, 0.3) is 0 Å². The van der Waals surface area contributed by atoms with Crippen LogP contribution in [-0.4, -0.2) is 14.9 Å². The molecule has 102 valence electrons. The summed E-state index contributed by atoms with van der Waals surface area (Å²) in [5.74, 6) is 0. The molecule has 1 aromatic heterocycles. The van der Waals surface area contributed by atoms with Crippen LogP contribution in [0.3, 0.4) is 0 Å². The van der Waals surface area contributed by atoms with Crippen molar-refractivity contribution in [2.75, 3.05) is 0 Å². The summed E-state index contributed by atoms with van der Waals surface area (Å²) in [6.45, 7) is 4.07. The van der Waals surface area contributed by atoms with Crippen molar-refractivity contribution in [3.63, 3.8) is 0 Å². The zero-order valence-corrected chi connectivity index (χ0v) is 13.2. The minimum Gasteiger partial charge on any atom is -0.386 e. The first-order valence-electron chi connectivity index (χ1n) is 6.15. The topological polar surface area (TPSA) is 38.0 Å². The fourth-order valence-corrected chi connectivity index (χ4v) is 2.79. The number of halogens is 2. The third kappa shape index (κ3) is 3.19. The van der Waals surface area contributed by atoms with Crippen molar-refractivity contribution in [3.8, 4) is 0 Å². The molecule has 1 atom stereocenters. The summed E-state index contributed by atoms with van der Waals surface area (Å²) in [6.07, 6.45) is 1.54. The summed E-state index contributed by atoms with van der Waals surface area (Å²) < 4.78 is 2.65. The Kier molecular flexibility index (Phi) is 4.66. The van der Waals surface area contributed by atoms with Crippen molar-refractivity contribution in [1.29, 1.82) is 0 Å². The second kappa shape index (κ2) is 6.07. The van der Waals surface area contributed by atoms with E-state index in [1.165, 1.54) is 0 Å². The number of nitrogens with zero attached hydrogens (tertiary/aromatic N) is 2. The Bertz CT molecular complexity index is 568. The highest BCUT2D eigenvalue weighted by Crippen LogP contribution is 2.29. The second-order valence-corrected chi connectivity index (χ2v) is 5.99. The molecular formula is C14H16BrClN2O. The number of hydrogen-bond acceptors (Lipinski definition) is 2. The summed E-state index contributed by atoms with van der Waals surface area (Å²) >= 11 is 9.57. The van der Waals surface area contributed by atoms with Crippen molar-refractivity contribution in [3.05, 3.63) is 51.2 Å². The molecule has 0 fully saturated rings.